The second-order valence-corrected chi connectivity index (χ2v) is 6.45. The number of benzene rings is 2. The number of carbonyl (C=O) groups excluding carboxylic acids is 2. The van der Waals surface area contributed by atoms with Gasteiger partial charge in [0.05, 0.1) is 17.8 Å². The molecule has 1 aromatic heterocycles. The lowest BCUT2D eigenvalue weighted by Crippen LogP contribution is -2.10. The molecule has 0 aliphatic heterocycles. The van der Waals surface area contributed by atoms with Gasteiger partial charge in [0, 0.05) is 11.3 Å². The van der Waals surface area contributed by atoms with Crippen LogP contribution in [0.1, 0.15) is 40.7 Å². The number of nitrogens with zero attached hydrogens (tertiary/aromatic N) is 2. The number of ketones is 1. The number of rotatable bonds is 6. The molecule has 0 aliphatic rings. The van der Waals surface area contributed by atoms with Gasteiger partial charge in [0.15, 0.2) is 5.78 Å². The quantitative estimate of drug-likeness (QED) is 0.374. The molecule has 138 valence electrons. The number of aryl methyl sites for hydroxylation is 1. The van der Waals surface area contributed by atoms with E-state index in [9.17, 15) is 9.59 Å². The highest BCUT2D eigenvalue weighted by Crippen LogP contribution is 2.20. The van der Waals surface area contributed by atoms with Gasteiger partial charge >= 0.3 is 5.97 Å². The lowest BCUT2D eigenvalue weighted by atomic mass is 10.1. The first-order chi connectivity index (χ1) is 13.0. The van der Waals surface area contributed by atoms with Crippen molar-refractivity contribution in [2.45, 2.75) is 33.6 Å². The lowest BCUT2D eigenvalue weighted by molar-refractivity contribution is -0.134. The number of ether oxygens (including phenoxy) is 1. The summed E-state index contributed by atoms with van der Waals surface area (Å²) in [5.74, 6) is 0.115. The van der Waals surface area contributed by atoms with Crippen LogP contribution < -0.4 is 4.74 Å². The first kappa shape index (κ1) is 18.6. The summed E-state index contributed by atoms with van der Waals surface area (Å²) in [6, 6.07) is 16.5. The fourth-order valence-electron chi connectivity index (χ4n) is 3.02. The Morgan fingerprint density at radius 3 is 2.30 bits per heavy atom. The van der Waals surface area contributed by atoms with E-state index in [4.69, 9.17) is 4.74 Å². The fourth-order valence-corrected chi connectivity index (χ4v) is 3.02. The third kappa shape index (κ3) is 4.31. The van der Waals surface area contributed by atoms with Crippen molar-refractivity contribution in [1.29, 1.82) is 0 Å². The largest absolute Gasteiger partial charge is 0.427 e. The zero-order chi connectivity index (χ0) is 19.4. The molecule has 3 rings (SSSR count). The van der Waals surface area contributed by atoms with E-state index >= 15 is 0 Å². The van der Waals surface area contributed by atoms with Crippen LogP contribution in [0.5, 0.6) is 5.75 Å². The molecule has 2 aromatic carbocycles. The van der Waals surface area contributed by atoms with Gasteiger partial charge in [0.1, 0.15) is 5.75 Å². The second-order valence-electron chi connectivity index (χ2n) is 6.45. The highest BCUT2D eigenvalue weighted by Gasteiger charge is 2.15. The van der Waals surface area contributed by atoms with Gasteiger partial charge in [-0.2, -0.15) is 5.10 Å². The lowest BCUT2D eigenvalue weighted by Gasteiger charge is -2.06. The van der Waals surface area contributed by atoms with E-state index in [-0.39, 0.29) is 18.2 Å². The molecule has 0 unspecified atom stereocenters. The van der Waals surface area contributed by atoms with Crippen molar-refractivity contribution in [3.8, 4) is 11.4 Å². The molecule has 5 nitrogen and oxygen atoms in total. The number of hydrogen-bond acceptors (Lipinski definition) is 4. The average Bonchev–Trinajstić information content (AvgIpc) is 2.95. The van der Waals surface area contributed by atoms with Crippen LogP contribution in [-0.4, -0.2) is 21.5 Å². The molecule has 27 heavy (non-hydrogen) atoms. The highest BCUT2D eigenvalue weighted by atomic mass is 16.5. The van der Waals surface area contributed by atoms with Crippen molar-refractivity contribution in [1.82, 2.24) is 9.78 Å². The highest BCUT2D eigenvalue weighted by molar-refractivity contribution is 5.94. The number of esters is 1. The monoisotopic (exact) mass is 362 g/mol. The molecule has 3 aromatic rings. The number of hydrogen-bond donors (Lipinski definition) is 0. The molecule has 0 atom stereocenters. The Kier molecular flexibility index (Phi) is 5.50. The van der Waals surface area contributed by atoms with Gasteiger partial charge < -0.3 is 4.74 Å². The van der Waals surface area contributed by atoms with Gasteiger partial charge in [-0.15, -0.1) is 0 Å². The Hall–Kier alpha value is -3.21. The molecule has 0 spiro atoms. The topological polar surface area (TPSA) is 61.2 Å². The summed E-state index contributed by atoms with van der Waals surface area (Å²) in [7, 11) is 0. The molecule has 0 amide bonds. The van der Waals surface area contributed by atoms with Crippen LogP contribution in [0.2, 0.25) is 0 Å². The van der Waals surface area contributed by atoms with Gasteiger partial charge in [-0.1, -0.05) is 18.2 Å². The van der Waals surface area contributed by atoms with Crippen LogP contribution in [0.3, 0.4) is 0 Å². The normalized spacial score (nSPS) is 10.6. The van der Waals surface area contributed by atoms with E-state index in [1.807, 2.05) is 48.9 Å². The summed E-state index contributed by atoms with van der Waals surface area (Å²) in [6.07, 6.45) is 0.825. The Labute approximate surface area is 158 Å². The molecular formula is C22H22N2O3. The van der Waals surface area contributed by atoms with Crippen molar-refractivity contribution in [3.63, 3.8) is 0 Å². The maximum atomic E-state index is 12.2. The van der Waals surface area contributed by atoms with Crippen LogP contribution >= 0.6 is 0 Å². The van der Waals surface area contributed by atoms with E-state index in [0.29, 0.717) is 17.7 Å². The van der Waals surface area contributed by atoms with Gasteiger partial charge in [0.25, 0.3) is 0 Å². The molecule has 1 heterocycles. The Morgan fingerprint density at radius 2 is 1.67 bits per heavy atom. The van der Waals surface area contributed by atoms with Crippen molar-refractivity contribution >= 4 is 11.8 Å². The van der Waals surface area contributed by atoms with E-state index in [1.165, 1.54) is 6.92 Å². The third-order valence-electron chi connectivity index (χ3n) is 4.51. The standard InChI is InChI=1S/C22H22N2O3/c1-15-21(16(2)24(23-15)19-7-5-4-6-8-19)13-14-22(26)27-20-11-9-18(10-12-20)17(3)25/h4-12H,13-14H2,1-3H3. The summed E-state index contributed by atoms with van der Waals surface area (Å²) in [5.41, 5.74) is 4.59. The average molecular weight is 362 g/mol. The van der Waals surface area contributed by atoms with Crippen molar-refractivity contribution < 1.29 is 14.3 Å². The van der Waals surface area contributed by atoms with E-state index in [2.05, 4.69) is 5.10 Å². The van der Waals surface area contributed by atoms with Crippen molar-refractivity contribution in [2.75, 3.05) is 0 Å². The molecule has 0 fully saturated rings. The number of Topliss-reactive ketones (excluding diaryl/α,β-unsaturated/α-hetero) is 1. The zero-order valence-corrected chi connectivity index (χ0v) is 15.7. The smallest absolute Gasteiger partial charge is 0.311 e. The van der Waals surface area contributed by atoms with Crippen LogP contribution in [-0.2, 0) is 11.2 Å². The molecule has 0 bridgehead atoms. The summed E-state index contributed by atoms with van der Waals surface area (Å²) in [4.78, 5) is 23.5. The van der Waals surface area contributed by atoms with E-state index < -0.39 is 0 Å². The van der Waals surface area contributed by atoms with Crippen LogP contribution in [0.25, 0.3) is 5.69 Å². The predicted molar refractivity (Wildman–Crippen MR) is 103 cm³/mol. The maximum Gasteiger partial charge on any atom is 0.311 e. The number of para-hydroxylation sites is 1. The molecule has 0 saturated heterocycles. The third-order valence-corrected chi connectivity index (χ3v) is 4.51. The van der Waals surface area contributed by atoms with Crippen molar-refractivity contribution in [3.05, 3.63) is 77.1 Å². The zero-order valence-electron chi connectivity index (χ0n) is 15.7. The molecule has 0 radical (unpaired) electrons. The summed E-state index contributed by atoms with van der Waals surface area (Å²) >= 11 is 0. The first-order valence-electron chi connectivity index (χ1n) is 8.88. The molecule has 0 saturated carbocycles. The predicted octanol–water partition coefficient (Wildman–Crippen LogP) is 4.23. The molecule has 5 heteroatoms. The minimum atomic E-state index is -0.308. The van der Waals surface area contributed by atoms with Crippen LogP contribution in [0.15, 0.2) is 54.6 Å². The Balaban J connectivity index is 1.65. The fraction of sp³-hybridized carbons (Fsp3) is 0.227. The summed E-state index contributed by atoms with van der Waals surface area (Å²) in [5, 5.41) is 4.60. The Bertz CT molecular complexity index is 957. The summed E-state index contributed by atoms with van der Waals surface area (Å²) < 4.78 is 7.26. The van der Waals surface area contributed by atoms with E-state index in [1.54, 1.807) is 24.3 Å². The molecule has 0 N–H and O–H groups in total. The van der Waals surface area contributed by atoms with Crippen molar-refractivity contribution in [2.24, 2.45) is 0 Å². The minimum absolute atomic E-state index is 0.0192. The van der Waals surface area contributed by atoms with Gasteiger partial charge in [-0.25, -0.2) is 4.68 Å². The molecular weight excluding hydrogens is 340 g/mol. The second kappa shape index (κ2) is 7.99. The van der Waals surface area contributed by atoms with E-state index in [0.717, 1.165) is 22.6 Å². The van der Waals surface area contributed by atoms with Gasteiger partial charge in [-0.05, 0) is 69.2 Å². The maximum absolute atomic E-state index is 12.2. The Morgan fingerprint density at radius 1 is 1.00 bits per heavy atom. The number of aromatic nitrogens is 2. The molecule has 0 aliphatic carbocycles. The van der Waals surface area contributed by atoms with Crippen LogP contribution in [0, 0.1) is 13.8 Å². The first-order valence-corrected chi connectivity index (χ1v) is 8.88. The SMILES string of the molecule is CC(=O)c1ccc(OC(=O)CCc2c(C)nn(-c3ccccc3)c2C)cc1. The van der Waals surface area contributed by atoms with Gasteiger partial charge in [-0.3, -0.25) is 9.59 Å². The summed E-state index contributed by atoms with van der Waals surface area (Å²) in [6.45, 7) is 5.46. The minimum Gasteiger partial charge on any atom is -0.427 e. The number of carbonyl (C=O) groups is 2. The van der Waals surface area contributed by atoms with Gasteiger partial charge in [0.2, 0.25) is 0 Å². The van der Waals surface area contributed by atoms with Crippen LogP contribution in [0.4, 0.5) is 0 Å².